The summed E-state index contributed by atoms with van der Waals surface area (Å²) in [4.78, 5) is 0. The van der Waals surface area contributed by atoms with Gasteiger partial charge in [-0.3, -0.25) is 0 Å². The Labute approximate surface area is 83.7 Å². The lowest BCUT2D eigenvalue weighted by Crippen LogP contribution is -1.73. The molecule has 1 aliphatic rings. The zero-order valence-corrected chi connectivity index (χ0v) is 7.94. The second kappa shape index (κ2) is 3.97. The van der Waals surface area contributed by atoms with Crippen LogP contribution in [0, 0.1) is 0 Å². The molecule has 0 bridgehead atoms. The SMILES string of the molecule is C=CC=Cc1ccc(C2=CC=CC2)o1. The first-order valence-corrected chi connectivity index (χ1v) is 4.65. The van der Waals surface area contributed by atoms with Crippen molar-refractivity contribution in [2.75, 3.05) is 0 Å². The number of hydrogen-bond donors (Lipinski definition) is 0. The van der Waals surface area contributed by atoms with Gasteiger partial charge in [-0.15, -0.1) is 0 Å². The summed E-state index contributed by atoms with van der Waals surface area (Å²) >= 11 is 0. The van der Waals surface area contributed by atoms with E-state index in [1.165, 1.54) is 5.57 Å². The van der Waals surface area contributed by atoms with E-state index in [0.29, 0.717) is 0 Å². The molecule has 0 unspecified atom stereocenters. The summed E-state index contributed by atoms with van der Waals surface area (Å²) in [5.41, 5.74) is 1.24. The molecule has 0 saturated heterocycles. The molecule has 1 aromatic rings. The van der Waals surface area contributed by atoms with E-state index >= 15 is 0 Å². The van der Waals surface area contributed by atoms with E-state index in [0.717, 1.165) is 17.9 Å². The third-order valence-electron chi connectivity index (χ3n) is 2.11. The zero-order chi connectivity index (χ0) is 9.80. The van der Waals surface area contributed by atoms with Gasteiger partial charge in [0, 0.05) is 0 Å². The fourth-order valence-electron chi connectivity index (χ4n) is 1.41. The highest BCUT2D eigenvalue weighted by Crippen LogP contribution is 2.25. The van der Waals surface area contributed by atoms with Gasteiger partial charge >= 0.3 is 0 Å². The molecule has 1 heterocycles. The van der Waals surface area contributed by atoms with E-state index in [1.807, 2.05) is 24.3 Å². The standard InChI is InChI=1S/C13H12O/c1-2-3-8-12-9-10-13(14-12)11-6-4-5-7-11/h2-6,8-10H,1,7H2. The van der Waals surface area contributed by atoms with Crippen LogP contribution in [-0.2, 0) is 0 Å². The Hall–Kier alpha value is -1.76. The van der Waals surface area contributed by atoms with E-state index in [4.69, 9.17) is 4.42 Å². The summed E-state index contributed by atoms with van der Waals surface area (Å²) in [7, 11) is 0. The summed E-state index contributed by atoms with van der Waals surface area (Å²) in [5.74, 6) is 1.83. The quantitative estimate of drug-likeness (QED) is 0.651. The maximum absolute atomic E-state index is 5.63. The van der Waals surface area contributed by atoms with Crippen LogP contribution in [0.5, 0.6) is 0 Å². The third-order valence-corrected chi connectivity index (χ3v) is 2.11. The molecule has 1 aromatic heterocycles. The van der Waals surface area contributed by atoms with Crippen molar-refractivity contribution < 1.29 is 4.42 Å². The lowest BCUT2D eigenvalue weighted by Gasteiger charge is -1.94. The van der Waals surface area contributed by atoms with Gasteiger partial charge in [0.05, 0.1) is 0 Å². The average Bonchev–Trinajstić information content (AvgIpc) is 2.85. The molecular formula is C13H12O. The van der Waals surface area contributed by atoms with Crippen LogP contribution < -0.4 is 0 Å². The Morgan fingerprint density at radius 3 is 3.00 bits per heavy atom. The van der Waals surface area contributed by atoms with Crippen LogP contribution in [0.3, 0.4) is 0 Å². The Balaban J connectivity index is 2.17. The van der Waals surface area contributed by atoms with Crippen molar-refractivity contribution >= 4 is 11.6 Å². The molecule has 0 saturated carbocycles. The van der Waals surface area contributed by atoms with Crippen LogP contribution in [-0.4, -0.2) is 0 Å². The van der Waals surface area contributed by atoms with Crippen molar-refractivity contribution in [3.05, 3.63) is 60.6 Å². The Morgan fingerprint density at radius 2 is 2.29 bits per heavy atom. The van der Waals surface area contributed by atoms with Gasteiger partial charge in [0.25, 0.3) is 0 Å². The van der Waals surface area contributed by atoms with E-state index in [-0.39, 0.29) is 0 Å². The molecule has 0 atom stereocenters. The molecule has 0 spiro atoms. The van der Waals surface area contributed by atoms with Crippen molar-refractivity contribution in [3.8, 4) is 0 Å². The highest BCUT2D eigenvalue weighted by Gasteiger charge is 2.06. The Bertz CT molecular complexity index is 416. The third kappa shape index (κ3) is 1.77. The van der Waals surface area contributed by atoms with Gasteiger partial charge in [0.1, 0.15) is 11.5 Å². The van der Waals surface area contributed by atoms with Crippen LogP contribution in [0.25, 0.3) is 11.6 Å². The summed E-state index contributed by atoms with van der Waals surface area (Å²) < 4.78 is 5.63. The molecule has 70 valence electrons. The van der Waals surface area contributed by atoms with Crippen LogP contribution in [0.4, 0.5) is 0 Å². The largest absolute Gasteiger partial charge is 0.457 e. The van der Waals surface area contributed by atoms with Crippen molar-refractivity contribution in [2.45, 2.75) is 6.42 Å². The minimum absolute atomic E-state index is 0.868. The average molecular weight is 184 g/mol. The smallest absolute Gasteiger partial charge is 0.131 e. The maximum atomic E-state index is 5.63. The minimum atomic E-state index is 0.868. The summed E-state index contributed by atoms with van der Waals surface area (Å²) in [5, 5.41) is 0. The number of allylic oxidation sites excluding steroid dienone is 6. The van der Waals surface area contributed by atoms with Crippen LogP contribution in [0.2, 0.25) is 0 Å². The van der Waals surface area contributed by atoms with E-state index in [9.17, 15) is 0 Å². The van der Waals surface area contributed by atoms with Gasteiger partial charge in [0.15, 0.2) is 0 Å². The maximum Gasteiger partial charge on any atom is 0.131 e. The van der Waals surface area contributed by atoms with Gasteiger partial charge in [-0.05, 0) is 30.2 Å². The Kier molecular flexibility index (Phi) is 2.50. The predicted octanol–water partition coefficient (Wildman–Crippen LogP) is 3.82. The van der Waals surface area contributed by atoms with Crippen molar-refractivity contribution in [2.24, 2.45) is 0 Å². The van der Waals surface area contributed by atoms with Gasteiger partial charge in [0.2, 0.25) is 0 Å². The first kappa shape index (κ1) is 8.82. The summed E-state index contributed by atoms with van der Waals surface area (Å²) in [6, 6.07) is 3.97. The fourth-order valence-corrected chi connectivity index (χ4v) is 1.41. The fraction of sp³-hybridized carbons (Fsp3) is 0.0769. The van der Waals surface area contributed by atoms with Crippen molar-refractivity contribution in [3.63, 3.8) is 0 Å². The van der Waals surface area contributed by atoms with E-state index in [2.05, 4.69) is 24.8 Å². The molecule has 1 heteroatoms. The second-order valence-corrected chi connectivity index (χ2v) is 3.12. The molecule has 0 fully saturated rings. The summed E-state index contributed by atoms with van der Waals surface area (Å²) in [6.07, 6.45) is 12.7. The molecule has 0 aromatic carbocycles. The van der Waals surface area contributed by atoms with Crippen LogP contribution >= 0.6 is 0 Å². The lowest BCUT2D eigenvalue weighted by molar-refractivity contribution is 0.542. The molecule has 1 aliphatic carbocycles. The number of furan rings is 1. The number of rotatable bonds is 3. The van der Waals surface area contributed by atoms with Crippen LogP contribution in [0.15, 0.2) is 53.5 Å². The van der Waals surface area contributed by atoms with Gasteiger partial charge in [-0.25, -0.2) is 0 Å². The first-order valence-electron chi connectivity index (χ1n) is 4.65. The van der Waals surface area contributed by atoms with E-state index in [1.54, 1.807) is 6.08 Å². The summed E-state index contributed by atoms with van der Waals surface area (Å²) in [6.45, 7) is 3.61. The van der Waals surface area contributed by atoms with Crippen molar-refractivity contribution in [1.82, 2.24) is 0 Å². The number of hydrogen-bond acceptors (Lipinski definition) is 1. The minimum Gasteiger partial charge on any atom is -0.457 e. The van der Waals surface area contributed by atoms with Crippen LogP contribution in [0.1, 0.15) is 17.9 Å². The van der Waals surface area contributed by atoms with Crippen molar-refractivity contribution in [1.29, 1.82) is 0 Å². The van der Waals surface area contributed by atoms with E-state index < -0.39 is 0 Å². The molecular weight excluding hydrogens is 172 g/mol. The van der Waals surface area contributed by atoms with Gasteiger partial charge < -0.3 is 4.42 Å². The molecule has 0 amide bonds. The van der Waals surface area contributed by atoms with Gasteiger partial charge in [-0.2, -0.15) is 0 Å². The topological polar surface area (TPSA) is 13.1 Å². The molecule has 2 rings (SSSR count). The molecule has 0 radical (unpaired) electrons. The molecule has 1 nitrogen and oxygen atoms in total. The normalized spacial score (nSPS) is 15.0. The first-order chi connectivity index (χ1) is 6.90. The molecule has 0 N–H and O–H groups in total. The Morgan fingerprint density at radius 1 is 1.36 bits per heavy atom. The lowest BCUT2D eigenvalue weighted by atomic mass is 10.2. The molecule has 14 heavy (non-hydrogen) atoms. The molecule has 0 aliphatic heterocycles. The second-order valence-electron chi connectivity index (χ2n) is 3.12. The highest BCUT2D eigenvalue weighted by molar-refractivity contribution is 5.68. The highest BCUT2D eigenvalue weighted by atomic mass is 16.3. The monoisotopic (exact) mass is 184 g/mol. The predicted molar refractivity (Wildman–Crippen MR) is 59.7 cm³/mol. The van der Waals surface area contributed by atoms with Gasteiger partial charge in [-0.1, -0.05) is 37.0 Å². The zero-order valence-electron chi connectivity index (χ0n) is 7.94.